The number of hydrogen-bond donors (Lipinski definition) is 2. The minimum absolute atomic E-state index is 0.532. The molecule has 0 spiro atoms. The molecule has 4 nitrogen and oxygen atoms in total. The Kier molecular flexibility index (Phi) is 5.89. The first-order valence-corrected chi connectivity index (χ1v) is 6.71. The molecule has 106 valence electrons. The quantitative estimate of drug-likeness (QED) is 0.439. The summed E-state index contributed by atoms with van der Waals surface area (Å²) in [7, 11) is 0. The van der Waals surface area contributed by atoms with Gasteiger partial charge in [-0.3, -0.25) is 11.3 Å². The molecule has 0 amide bonds. The number of ether oxygens (including phenoxy) is 2. The fourth-order valence-electron chi connectivity index (χ4n) is 1.81. The molecule has 0 fully saturated rings. The molecule has 0 bridgehead atoms. The second-order valence-corrected chi connectivity index (χ2v) is 4.36. The van der Waals surface area contributed by atoms with Gasteiger partial charge in [0.1, 0.15) is 18.1 Å². The van der Waals surface area contributed by atoms with Crippen molar-refractivity contribution in [3.63, 3.8) is 0 Å². The van der Waals surface area contributed by atoms with Crippen LogP contribution in [-0.4, -0.2) is 19.8 Å². The third-order valence-electron chi connectivity index (χ3n) is 2.82. The van der Waals surface area contributed by atoms with E-state index in [0.717, 1.165) is 17.9 Å². The number of benzene rings is 2. The van der Waals surface area contributed by atoms with Crippen molar-refractivity contribution < 1.29 is 9.47 Å². The summed E-state index contributed by atoms with van der Waals surface area (Å²) in [5.74, 6) is 6.80. The van der Waals surface area contributed by atoms with Crippen LogP contribution >= 0.6 is 0 Å². The zero-order chi connectivity index (χ0) is 14.0. The Bertz CT molecular complexity index is 503. The molecule has 20 heavy (non-hydrogen) atoms. The number of hydrazine groups is 1. The molecule has 3 N–H and O–H groups in total. The number of hydrogen-bond acceptors (Lipinski definition) is 4. The average molecular weight is 272 g/mol. The molecule has 0 saturated carbocycles. The van der Waals surface area contributed by atoms with Crippen LogP contribution in [0.1, 0.15) is 5.56 Å². The number of nitrogens with two attached hydrogens (primary N) is 1. The van der Waals surface area contributed by atoms with Gasteiger partial charge in [0, 0.05) is 19.0 Å². The van der Waals surface area contributed by atoms with Crippen molar-refractivity contribution >= 4 is 0 Å². The molecular weight excluding hydrogens is 252 g/mol. The van der Waals surface area contributed by atoms with Gasteiger partial charge in [-0.1, -0.05) is 36.4 Å². The van der Waals surface area contributed by atoms with Gasteiger partial charge in [0.25, 0.3) is 0 Å². The SMILES string of the molecule is NNCCOc1cccc(OCCc2ccccc2)c1. The van der Waals surface area contributed by atoms with Gasteiger partial charge in [-0.15, -0.1) is 0 Å². The van der Waals surface area contributed by atoms with Crippen LogP contribution in [0.4, 0.5) is 0 Å². The first-order valence-electron chi connectivity index (χ1n) is 6.71. The molecule has 2 aromatic rings. The lowest BCUT2D eigenvalue weighted by atomic mass is 10.2. The predicted octanol–water partition coefficient (Wildman–Crippen LogP) is 2.15. The maximum Gasteiger partial charge on any atom is 0.123 e. The fraction of sp³-hybridized carbons (Fsp3) is 0.250. The van der Waals surface area contributed by atoms with Crippen LogP contribution in [0.15, 0.2) is 54.6 Å². The lowest BCUT2D eigenvalue weighted by Crippen LogP contribution is -2.27. The Morgan fingerprint density at radius 1 is 0.850 bits per heavy atom. The Morgan fingerprint density at radius 2 is 1.55 bits per heavy atom. The van der Waals surface area contributed by atoms with Gasteiger partial charge in [0.2, 0.25) is 0 Å². The van der Waals surface area contributed by atoms with Gasteiger partial charge < -0.3 is 9.47 Å². The third kappa shape index (κ3) is 4.91. The molecule has 0 saturated heterocycles. The highest BCUT2D eigenvalue weighted by Crippen LogP contribution is 2.19. The molecule has 4 heteroatoms. The van der Waals surface area contributed by atoms with Crippen LogP contribution in [0, 0.1) is 0 Å². The second kappa shape index (κ2) is 8.19. The van der Waals surface area contributed by atoms with Crippen molar-refractivity contribution in [3.05, 3.63) is 60.2 Å². The van der Waals surface area contributed by atoms with Crippen molar-refractivity contribution in [2.75, 3.05) is 19.8 Å². The zero-order valence-corrected chi connectivity index (χ0v) is 11.4. The number of nitrogens with one attached hydrogen (secondary N) is 1. The van der Waals surface area contributed by atoms with E-state index in [-0.39, 0.29) is 0 Å². The van der Waals surface area contributed by atoms with Gasteiger partial charge in [-0.25, -0.2) is 0 Å². The van der Waals surface area contributed by atoms with Crippen LogP contribution < -0.4 is 20.7 Å². The summed E-state index contributed by atoms with van der Waals surface area (Å²) in [6.45, 7) is 1.79. The first kappa shape index (κ1) is 14.4. The average Bonchev–Trinajstić information content (AvgIpc) is 2.49. The van der Waals surface area contributed by atoms with Crippen LogP contribution in [-0.2, 0) is 6.42 Å². The minimum atomic E-state index is 0.532. The van der Waals surface area contributed by atoms with Gasteiger partial charge in [-0.05, 0) is 17.7 Å². The molecule has 0 aliphatic heterocycles. The monoisotopic (exact) mass is 272 g/mol. The third-order valence-corrected chi connectivity index (χ3v) is 2.82. The van der Waals surface area contributed by atoms with E-state index in [2.05, 4.69) is 17.6 Å². The second-order valence-electron chi connectivity index (χ2n) is 4.36. The Morgan fingerprint density at radius 3 is 2.25 bits per heavy atom. The minimum Gasteiger partial charge on any atom is -0.493 e. The predicted molar refractivity (Wildman–Crippen MR) is 79.8 cm³/mol. The molecular formula is C16H20N2O2. The largest absolute Gasteiger partial charge is 0.493 e. The molecule has 0 heterocycles. The van der Waals surface area contributed by atoms with Crippen LogP contribution in [0.5, 0.6) is 11.5 Å². The zero-order valence-electron chi connectivity index (χ0n) is 11.4. The molecule has 0 aliphatic carbocycles. The Labute approximate surface area is 119 Å². The van der Waals surface area contributed by atoms with Crippen molar-refractivity contribution in [3.8, 4) is 11.5 Å². The molecule has 0 atom stereocenters. The smallest absolute Gasteiger partial charge is 0.123 e. The molecule has 0 aromatic heterocycles. The van der Waals surface area contributed by atoms with E-state index in [1.54, 1.807) is 0 Å². The van der Waals surface area contributed by atoms with E-state index in [1.807, 2.05) is 42.5 Å². The molecule has 0 aliphatic rings. The van der Waals surface area contributed by atoms with E-state index >= 15 is 0 Å². The number of rotatable bonds is 8. The maximum absolute atomic E-state index is 5.74. The van der Waals surface area contributed by atoms with Crippen LogP contribution in [0.2, 0.25) is 0 Å². The summed E-state index contributed by atoms with van der Waals surface area (Å²) in [6, 6.07) is 17.9. The molecule has 0 unspecified atom stereocenters. The molecule has 2 rings (SSSR count). The van der Waals surface area contributed by atoms with Gasteiger partial charge >= 0.3 is 0 Å². The first-order chi connectivity index (χ1) is 9.88. The highest BCUT2D eigenvalue weighted by atomic mass is 16.5. The Balaban J connectivity index is 1.79. The van der Waals surface area contributed by atoms with Crippen molar-refractivity contribution in [2.24, 2.45) is 5.84 Å². The van der Waals surface area contributed by atoms with E-state index in [9.17, 15) is 0 Å². The van der Waals surface area contributed by atoms with Crippen molar-refractivity contribution in [1.29, 1.82) is 0 Å². The van der Waals surface area contributed by atoms with Crippen molar-refractivity contribution in [1.82, 2.24) is 5.43 Å². The normalized spacial score (nSPS) is 10.2. The van der Waals surface area contributed by atoms with Gasteiger partial charge in [0.05, 0.1) is 6.61 Å². The highest BCUT2D eigenvalue weighted by molar-refractivity contribution is 5.33. The fourth-order valence-corrected chi connectivity index (χ4v) is 1.81. The van der Waals surface area contributed by atoms with E-state index in [1.165, 1.54) is 5.56 Å². The lowest BCUT2D eigenvalue weighted by Gasteiger charge is -2.09. The summed E-state index contributed by atoms with van der Waals surface area (Å²) in [6.07, 6.45) is 0.892. The van der Waals surface area contributed by atoms with E-state index < -0.39 is 0 Å². The van der Waals surface area contributed by atoms with E-state index in [4.69, 9.17) is 15.3 Å². The molecule has 2 aromatic carbocycles. The lowest BCUT2D eigenvalue weighted by molar-refractivity contribution is 0.302. The summed E-state index contributed by atoms with van der Waals surface area (Å²) in [5, 5.41) is 0. The Hall–Kier alpha value is -2.04. The molecule has 0 radical (unpaired) electrons. The summed E-state index contributed by atoms with van der Waals surface area (Å²) >= 11 is 0. The van der Waals surface area contributed by atoms with Crippen molar-refractivity contribution in [2.45, 2.75) is 6.42 Å². The standard InChI is InChI=1S/C16H20N2O2/c17-18-10-12-20-16-8-4-7-15(13-16)19-11-9-14-5-2-1-3-6-14/h1-8,13,18H,9-12,17H2. The van der Waals surface area contributed by atoms with Gasteiger partial charge in [-0.2, -0.15) is 0 Å². The van der Waals surface area contributed by atoms with Crippen LogP contribution in [0.25, 0.3) is 0 Å². The topological polar surface area (TPSA) is 56.5 Å². The van der Waals surface area contributed by atoms with Gasteiger partial charge in [0.15, 0.2) is 0 Å². The summed E-state index contributed by atoms with van der Waals surface area (Å²) in [5.41, 5.74) is 3.82. The van der Waals surface area contributed by atoms with E-state index in [0.29, 0.717) is 19.8 Å². The van der Waals surface area contributed by atoms with Crippen LogP contribution in [0.3, 0.4) is 0 Å². The summed E-state index contributed by atoms with van der Waals surface area (Å²) in [4.78, 5) is 0. The summed E-state index contributed by atoms with van der Waals surface area (Å²) < 4.78 is 11.3. The highest BCUT2D eigenvalue weighted by Gasteiger charge is 1.98. The maximum atomic E-state index is 5.74.